The van der Waals surface area contributed by atoms with Gasteiger partial charge in [-0.15, -0.1) is 11.3 Å². The van der Waals surface area contributed by atoms with Gasteiger partial charge in [0.05, 0.1) is 10.7 Å². The first-order valence-corrected chi connectivity index (χ1v) is 7.12. The van der Waals surface area contributed by atoms with E-state index in [0.717, 1.165) is 24.9 Å². The van der Waals surface area contributed by atoms with E-state index in [1.165, 1.54) is 30.7 Å². The normalized spacial score (nSPS) is 27.8. The summed E-state index contributed by atoms with van der Waals surface area (Å²) in [5.74, 6) is 1.72. The van der Waals surface area contributed by atoms with E-state index in [0.29, 0.717) is 10.6 Å². The van der Waals surface area contributed by atoms with Crippen LogP contribution in [0.3, 0.4) is 0 Å². The average Bonchev–Trinajstić information content (AvgIpc) is 2.70. The zero-order valence-corrected chi connectivity index (χ0v) is 10.7. The zero-order chi connectivity index (χ0) is 11.8. The van der Waals surface area contributed by atoms with E-state index in [-0.39, 0.29) is 0 Å². The van der Waals surface area contributed by atoms with Crippen LogP contribution in [0, 0.1) is 23.2 Å². The number of nitrogens with zero attached hydrogens (tertiary/aromatic N) is 2. The number of hydrogen-bond acceptors (Lipinski definition) is 4. The number of nitriles is 1. The molecule has 1 saturated carbocycles. The standard InChI is InChI=1S/C13H17N3S/c14-6-12-11(15)5-13(17-12)16-7-9-2-1-3-10(4-9)8-16/h5,9-10H,1-4,7-8,15H2. The SMILES string of the molecule is N#Cc1sc(N2CC3CCCC(C3)C2)cc1N. The van der Waals surface area contributed by atoms with Crippen LogP contribution in [0.25, 0.3) is 0 Å². The molecule has 1 aromatic rings. The highest BCUT2D eigenvalue weighted by Gasteiger charge is 2.31. The molecule has 0 amide bonds. The molecule has 4 heteroatoms. The topological polar surface area (TPSA) is 53.0 Å². The lowest BCUT2D eigenvalue weighted by atomic mass is 9.78. The second-order valence-corrected chi connectivity index (χ2v) is 6.32. The van der Waals surface area contributed by atoms with E-state index in [1.807, 2.05) is 6.07 Å². The molecule has 1 aromatic heterocycles. The van der Waals surface area contributed by atoms with Crippen LogP contribution in [0.5, 0.6) is 0 Å². The Kier molecular flexibility index (Phi) is 2.71. The van der Waals surface area contributed by atoms with Crippen LogP contribution in [0.2, 0.25) is 0 Å². The lowest BCUT2D eigenvalue weighted by Crippen LogP contribution is -2.42. The van der Waals surface area contributed by atoms with Gasteiger partial charge in [0.2, 0.25) is 0 Å². The van der Waals surface area contributed by atoms with Crippen LogP contribution >= 0.6 is 11.3 Å². The van der Waals surface area contributed by atoms with E-state index >= 15 is 0 Å². The predicted molar refractivity (Wildman–Crippen MR) is 71.1 cm³/mol. The summed E-state index contributed by atoms with van der Waals surface area (Å²) in [6.45, 7) is 2.31. The molecule has 2 N–H and O–H groups in total. The molecule has 2 heterocycles. The smallest absolute Gasteiger partial charge is 0.129 e. The Morgan fingerprint density at radius 2 is 2.06 bits per heavy atom. The van der Waals surface area contributed by atoms with Gasteiger partial charge in [-0.1, -0.05) is 6.42 Å². The van der Waals surface area contributed by atoms with E-state index in [2.05, 4.69) is 11.0 Å². The van der Waals surface area contributed by atoms with Crippen LogP contribution in [0.1, 0.15) is 30.6 Å². The van der Waals surface area contributed by atoms with Crippen molar-refractivity contribution in [3.05, 3.63) is 10.9 Å². The summed E-state index contributed by atoms with van der Waals surface area (Å²) in [6.07, 6.45) is 5.56. The van der Waals surface area contributed by atoms with Crippen LogP contribution in [0.4, 0.5) is 10.7 Å². The van der Waals surface area contributed by atoms with Crippen molar-refractivity contribution in [1.29, 1.82) is 5.26 Å². The fraction of sp³-hybridized carbons (Fsp3) is 0.615. The van der Waals surface area contributed by atoms with Crippen LogP contribution < -0.4 is 10.6 Å². The van der Waals surface area contributed by atoms with Crippen molar-refractivity contribution >= 4 is 22.0 Å². The van der Waals surface area contributed by atoms with Crippen molar-refractivity contribution in [3.63, 3.8) is 0 Å². The number of rotatable bonds is 1. The summed E-state index contributed by atoms with van der Waals surface area (Å²) < 4.78 is 0. The zero-order valence-electron chi connectivity index (χ0n) is 9.85. The molecule has 90 valence electrons. The Morgan fingerprint density at radius 3 is 2.65 bits per heavy atom. The molecule has 1 saturated heterocycles. The minimum atomic E-state index is 0.642. The van der Waals surface area contributed by atoms with Gasteiger partial charge in [0.1, 0.15) is 10.9 Å². The number of piperidine rings is 1. The van der Waals surface area contributed by atoms with Crippen molar-refractivity contribution in [2.75, 3.05) is 23.7 Å². The maximum atomic E-state index is 8.95. The second-order valence-electron chi connectivity index (χ2n) is 5.28. The molecule has 3 rings (SSSR count). The molecule has 3 nitrogen and oxygen atoms in total. The molecule has 17 heavy (non-hydrogen) atoms. The van der Waals surface area contributed by atoms with Crippen molar-refractivity contribution in [1.82, 2.24) is 0 Å². The lowest BCUT2D eigenvalue weighted by molar-refractivity contribution is 0.232. The first-order valence-electron chi connectivity index (χ1n) is 6.30. The number of fused-ring (bicyclic) bond motifs is 2. The molecular weight excluding hydrogens is 230 g/mol. The molecule has 2 unspecified atom stereocenters. The van der Waals surface area contributed by atoms with Crippen LogP contribution in [0.15, 0.2) is 6.07 Å². The Balaban J connectivity index is 1.82. The maximum absolute atomic E-state index is 8.95. The monoisotopic (exact) mass is 247 g/mol. The summed E-state index contributed by atoms with van der Waals surface area (Å²) in [5.41, 5.74) is 6.48. The second kappa shape index (κ2) is 4.23. The molecular formula is C13H17N3S. The molecule has 1 aliphatic heterocycles. The summed E-state index contributed by atoms with van der Waals surface area (Å²) in [4.78, 5) is 3.11. The number of anilines is 2. The van der Waals surface area contributed by atoms with Crippen LogP contribution in [-0.2, 0) is 0 Å². The van der Waals surface area contributed by atoms with Crippen molar-refractivity contribution < 1.29 is 0 Å². The van der Waals surface area contributed by atoms with Crippen LogP contribution in [-0.4, -0.2) is 13.1 Å². The highest BCUT2D eigenvalue weighted by Crippen LogP contribution is 2.39. The predicted octanol–water partition coefficient (Wildman–Crippen LogP) is 2.83. The molecule has 0 radical (unpaired) electrons. The number of nitrogen functional groups attached to an aromatic ring is 1. The Labute approximate surface area is 106 Å². The summed E-state index contributed by atoms with van der Waals surface area (Å²) in [5, 5.41) is 10.1. The van der Waals surface area contributed by atoms with E-state index < -0.39 is 0 Å². The molecule has 2 aliphatic rings. The quantitative estimate of drug-likeness (QED) is 0.830. The Hall–Kier alpha value is -1.21. The molecule has 2 bridgehead atoms. The van der Waals surface area contributed by atoms with Gasteiger partial charge >= 0.3 is 0 Å². The Morgan fingerprint density at radius 1 is 1.35 bits per heavy atom. The van der Waals surface area contributed by atoms with Gasteiger partial charge < -0.3 is 10.6 Å². The lowest BCUT2D eigenvalue weighted by Gasteiger charge is -2.41. The highest BCUT2D eigenvalue weighted by molar-refractivity contribution is 7.17. The number of nitrogens with two attached hydrogens (primary N) is 1. The van der Waals surface area contributed by atoms with E-state index in [1.54, 1.807) is 11.3 Å². The third-order valence-corrected chi connectivity index (χ3v) is 5.13. The largest absolute Gasteiger partial charge is 0.397 e. The average molecular weight is 247 g/mol. The molecule has 1 aliphatic carbocycles. The summed E-state index contributed by atoms with van der Waals surface area (Å²) >= 11 is 1.54. The third kappa shape index (κ3) is 2.00. The van der Waals surface area contributed by atoms with E-state index in [4.69, 9.17) is 11.0 Å². The maximum Gasteiger partial charge on any atom is 0.129 e. The molecule has 2 atom stereocenters. The van der Waals surface area contributed by atoms with Gasteiger partial charge in [0.25, 0.3) is 0 Å². The Bertz CT molecular complexity index is 448. The minimum absolute atomic E-state index is 0.642. The molecule has 0 spiro atoms. The van der Waals surface area contributed by atoms with Gasteiger partial charge in [0, 0.05) is 13.1 Å². The number of hydrogen-bond donors (Lipinski definition) is 1. The van der Waals surface area contributed by atoms with Gasteiger partial charge in [-0.25, -0.2) is 0 Å². The third-order valence-electron chi connectivity index (χ3n) is 4.01. The van der Waals surface area contributed by atoms with Crippen molar-refractivity contribution in [3.8, 4) is 6.07 Å². The minimum Gasteiger partial charge on any atom is -0.397 e. The first kappa shape index (κ1) is 10.9. The number of thiophene rings is 1. The first-order chi connectivity index (χ1) is 8.26. The van der Waals surface area contributed by atoms with Gasteiger partial charge in [-0.2, -0.15) is 5.26 Å². The molecule has 2 fully saturated rings. The fourth-order valence-electron chi connectivity index (χ4n) is 3.25. The van der Waals surface area contributed by atoms with Crippen molar-refractivity contribution in [2.24, 2.45) is 11.8 Å². The highest BCUT2D eigenvalue weighted by atomic mass is 32.1. The van der Waals surface area contributed by atoms with Gasteiger partial charge in [-0.05, 0) is 37.2 Å². The fourth-order valence-corrected chi connectivity index (χ4v) is 4.14. The summed E-state index contributed by atoms with van der Waals surface area (Å²) in [6, 6.07) is 4.15. The van der Waals surface area contributed by atoms with Gasteiger partial charge in [-0.3, -0.25) is 0 Å². The van der Waals surface area contributed by atoms with E-state index in [9.17, 15) is 0 Å². The van der Waals surface area contributed by atoms with Crippen molar-refractivity contribution in [2.45, 2.75) is 25.7 Å². The molecule has 0 aromatic carbocycles. The van der Waals surface area contributed by atoms with Gasteiger partial charge in [0.15, 0.2) is 0 Å². The summed E-state index contributed by atoms with van der Waals surface area (Å²) in [7, 11) is 0.